The first kappa shape index (κ1) is 9.16. The lowest BCUT2D eigenvalue weighted by Crippen LogP contribution is -2.35. The van der Waals surface area contributed by atoms with Crippen molar-refractivity contribution in [1.29, 1.82) is 0 Å². The largest absolute Gasteiger partial charge is 0.384 e. The highest BCUT2D eigenvalue weighted by atomic mass is 19.1. The van der Waals surface area contributed by atoms with Crippen LogP contribution in [0.1, 0.15) is 18.4 Å². The molecule has 2 nitrogen and oxygen atoms in total. The van der Waals surface area contributed by atoms with E-state index in [1.807, 2.05) is 6.07 Å². The number of benzene rings is 1. The molecular formula is C12H14FNO. The maximum absolute atomic E-state index is 13.1. The van der Waals surface area contributed by atoms with Crippen molar-refractivity contribution < 1.29 is 9.13 Å². The highest BCUT2D eigenvalue weighted by Gasteiger charge is 2.40. The van der Waals surface area contributed by atoms with Crippen LogP contribution in [0.4, 0.5) is 10.1 Å². The number of hydrogen-bond acceptors (Lipinski definition) is 2. The van der Waals surface area contributed by atoms with Gasteiger partial charge in [-0.2, -0.15) is 0 Å². The lowest BCUT2D eigenvalue weighted by atomic mass is 9.76. The van der Waals surface area contributed by atoms with Crippen molar-refractivity contribution >= 4 is 5.69 Å². The van der Waals surface area contributed by atoms with Crippen LogP contribution in [0.3, 0.4) is 0 Å². The van der Waals surface area contributed by atoms with Gasteiger partial charge in [0.15, 0.2) is 0 Å². The van der Waals surface area contributed by atoms with Gasteiger partial charge in [0.1, 0.15) is 5.82 Å². The Morgan fingerprint density at radius 1 is 1.27 bits per heavy atom. The minimum absolute atomic E-state index is 0.162. The number of anilines is 1. The molecule has 0 atom stereocenters. The molecule has 2 heterocycles. The Kier molecular flexibility index (Phi) is 1.96. The SMILES string of the molecule is Fc1ccc2c(c1)NCC21CCOCC1. The summed E-state index contributed by atoms with van der Waals surface area (Å²) in [4.78, 5) is 0. The average molecular weight is 207 g/mol. The Morgan fingerprint density at radius 3 is 2.87 bits per heavy atom. The molecule has 3 rings (SSSR count). The van der Waals surface area contributed by atoms with E-state index >= 15 is 0 Å². The third-order valence-electron chi connectivity index (χ3n) is 3.62. The van der Waals surface area contributed by atoms with Crippen molar-refractivity contribution in [3.8, 4) is 0 Å². The van der Waals surface area contributed by atoms with Crippen LogP contribution in [0.2, 0.25) is 0 Å². The molecule has 1 fully saturated rings. The Labute approximate surface area is 88.4 Å². The van der Waals surface area contributed by atoms with Gasteiger partial charge in [0.2, 0.25) is 0 Å². The van der Waals surface area contributed by atoms with Crippen LogP contribution in [0.5, 0.6) is 0 Å². The third kappa shape index (κ3) is 1.34. The van der Waals surface area contributed by atoms with E-state index in [-0.39, 0.29) is 11.2 Å². The lowest BCUT2D eigenvalue weighted by molar-refractivity contribution is 0.0567. The predicted octanol–water partition coefficient (Wildman–Crippen LogP) is 2.30. The first-order valence-corrected chi connectivity index (χ1v) is 5.42. The topological polar surface area (TPSA) is 21.3 Å². The molecule has 1 spiro atoms. The van der Waals surface area contributed by atoms with Gasteiger partial charge >= 0.3 is 0 Å². The van der Waals surface area contributed by atoms with Crippen molar-refractivity contribution in [1.82, 2.24) is 0 Å². The van der Waals surface area contributed by atoms with Gasteiger partial charge in [0.25, 0.3) is 0 Å². The Bertz CT molecular complexity index is 385. The van der Waals surface area contributed by atoms with Crippen molar-refractivity contribution in [2.75, 3.05) is 25.1 Å². The first-order chi connectivity index (χ1) is 7.30. The zero-order valence-electron chi connectivity index (χ0n) is 8.55. The van der Waals surface area contributed by atoms with Gasteiger partial charge in [0, 0.05) is 30.9 Å². The molecule has 80 valence electrons. The maximum Gasteiger partial charge on any atom is 0.125 e. The molecular weight excluding hydrogens is 193 g/mol. The molecule has 0 bridgehead atoms. The predicted molar refractivity (Wildman–Crippen MR) is 56.6 cm³/mol. The Hall–Kier alpha value is -1.09. The number of fused-ring (bicyclic) bond motifs is 2. The van der Waals surface area contributed by atoms with Crippen molar-refractivity contribution in [3.63, 3.8) is 0 Å². The number of nitrogens with one attached hydrogen (secondary N) is 1. The summed E-state index contributed by atoms with van der Waals surface area (Å²) < 4.78 is 18.4. The molecule has 2 aliphatic rings. The zero-order chi connectivity index (χ0) is 10.3. The monoisotopic (exact) mass is 207 g/mol. The van der Waals surface area contributed by atoms with Crippen molar-refractivity contribution in [2.45, 2.75) is 18.3 Å². The summed E-state index contributed by atoms with van der Waals surface area (Å²) in [6.07, 6.45) is 2.08. The summed E-state index contributed by atoms with van der Waals surface area (Å²) in [5.41, 5.74) is 2.44. The van der Waals surface area contributed by atoms with E-state index in [0.29, 0.717) is 0 Å². The molecule has 0 aromatic heterocycles. The standard InChI is InChI=1S/C12H14FNO/c13-9-1-2-10-11(7-9)14-8-12(10)3-5-15-6-4-12/h1-2,7,14H,3-6,8H2. The second-order valence-corrected chi connectivity index (χ2v) is 4.44. The molecule has 1 aromatic rings. The van der Waals surface area contributed by atoms with Crippen LogP contribution in [0.25, 0.3) is 0 Å². The Balaban J connectivity index is 2.03. The smallest absolute Gasteiger partial charge is 0.125 e. The first-order valence-electron chi connectivity index (χ1n) is 5.42. The fraction of sp³-hybridized carbons (Fsp3) is 0.500. The summed E-state index contributed by atoms with van der Waals surface area (Å²) in [6.45, 7) is 2.56. The van der Waals surface area contributed by atoms with E-state index in [4.69, 9.17) is 4.74 Å². The van der Waals surface area contributed by atoms with E-state index in [0.717, 1.165) is 38.3 Å². The molecule has 0 amide bonds. The number of halogens is 1. The van der Waals surface area contributed by atoms with Gasteiger partial charge in [-0.25, -0.2) is 4.39 Å². The van der Waals surface area contributed by atoms with E-state index in [9.17, 15) is 4.39 Å². The minimum atomic E-state index is -0.162. The van der Waals surface area contributed by atoms with Crippen LogP contribution in [0.15, 0.2) is 18.2 Å². The van der Waals surface area contributed by atoms with Gasteiger partial charge in [-0.1, -0.05) is 6.07 Å². The zero-order valence-corrected chi connectivity index (χ0v) is 8.55. The van der Waals surface area contributed by atoms with E-state index < -0.39 is 0 Å². The molecule has 2 aliphatic heterocycles. The Morgan fingerprint density at radius 2 is 2.07 bits per heavy atom. The van der Waals surface area contributed by atoms with Crippen LogP contribution in [-0.4, -0.2) is 19.8 Å². The van der Waals surface area contributed by atoms with E-state index in [2.05, 4.69) is 5.32 Å². The highest BCUT2D eigenvalue weighted by molar-refractivity contribution is 5.60. The second kappa shape index (κ2) is 3.20. The average Bonchev–Trinajstić information content (AvgIpc) is 2.58. The molecule has 1 aromatic carbocycles. The third-order valence-corrected chi connectivity index (χ3v) is 3.62. The summed E-state index contributed by atoms with van der Waals surface area (Å²) in [6, 6.07) is 5.08. The summed E-state index contributed by atoms with van der Waals surface area (Å²) in [7, 11) is 0. The molecule has 0 radical (unpaired) electrons. The fourth-order valence-corrected chi connectivity index (χ4v) is 2.69. The molecule has 3 heteroatoms. The molecule has 1 N–H and O–H groups in total. The van der Waals surface area contributed by atoms with Gasteiger partial charge in [-0.15, -0.1) is 0 Å². The van der Waals surface area contributed by atoms with Gasteiger partial charge in [-0.3, -0.25) is 0 Å². The quantitative estimate of drug-likeness (QED) is 0.704. The molecule has 15 heavy (non-hydrogen) atoms. The van der Waals surface area contributed by atoms with Crippen molar-refractivity contribution in [2.24, 2.45) is 0 Å². The van der Waals surface area contributed by atoms with Crippen LogP contribution < -0.4 is 5.32 Å². The number of rotatable bonds is 0. The minimum Gasteiger partial charge on any atom is -0.384 e. The number of hydrogen-bond donors (Lipinski definition) is 1. The normalized spacial score (nSPS) is 22.5. The van der Waals surface area contributed by atoms with Gasteiger partial charge in [0.05, 0.1) is 0 Å². The molecule has 1 saturated heterocycles. The molecule has 0 saturated carbocycles. The van der Waals surface area contributed by atoms with Crippen molar-refractivity contribution in [3.05, 3.63) is 29.6 Å². The lowest BCUT2D eigenvalue weighted by Gasteiger charge is -2.33. The fourth-order valence-electron chi connectivity index (χ4n) is 2.69. The second-order valence-electron chi connectivity index (χ2n) is 4.44. The number of ether oxygens (including phenoxy) is 1. The highest BCUT2D eigenvalue weighted by Crippen LogP contribution is 2.43. The van der Waals surface area contributed by atoms with E-state index in [1.54, 1.807) is 12.1 Å². The molecule has 0 unspecified atom stereocenters. The van der Waals surface area contributed by atoms with Crippen LogP contribution >= 0.6 is 0 Å². The summed E-state index contributed by atoms with van der Waals surface area (Å²) in [5.74, 6) is -0.162. The maximum atomic E-state index is 13.1. The van der Waals surface area contributed by atoms with E-state index in [1.165, 1.54) is 5.56 Å². The summed E-state index contributed by atoms with van der Waals surface area (Å²) >= 11 is 0. The van der Waals surface area contributed by atoms with Gasteiger partial charge in [-0.05, 0) is 30.5 Å². The van der Waals surface area contributed by atoms with Crippen LogP contribution in [0, 0.1) is 5.82 Å². The van der Waals surface area contributed by atoms with Gasteiger partial charge < -0.3 is 10.1 Å². The summed E-state index contributed by atoms with van der Waals surface area (Å²) in [5, 5.41) is 3.31. The molecule has 0 aliphatic carbocycles. The van der Waals surface area contributed by atoms with Crippen LogP contribution in [-0.2, 0) is 10.2 Å².